The Bertz CT molecular complexity index is 460. The van der Waals surface area contributed by atoms with Crippen LogP contribution in [0.15, 0.2) is 4.99 Å². The van der Waals surface area contributed by atoms with E-state index in [4.69, 9.17) is 0 Å². The number of alkyl halides is 3. The molecule has 8 heteroatoms. The van der Waals surface area contributed by atoms with Gasteiger partial charge in [-0.15, -0.1) is 0 Å². The normalized spacial score (nSPS) is 25.6. The molecule has 1 atom stereocenters. The molecule has 1 aliphatic heterocycles. The van der Waals surface area contributed by atoms with Crippen molar-refractivity contribution in [1.29, 1.82) is 0 Å². The highest BCUT2D eigenvalue weighted by atomic mass is 19.4. The van der Waals surface area contributed by atoms with Crippen molar-refractivity contribution in [3.05, 3.63) is 0 Å². The lowest BCUT2D eigenvalue weighted by atomic mass is 10.3. The van der Waals surface area contributed by atoms with Crippen molar-refractivity contribution < 1.29 is 13.2 Å². The highest BCUT2D eigenvalue weighted by Crippen LogP contribution is 2.34. The van der Waals surface area contributed by atoms with Gasteiger partial charge in [-0.3, -0.25) is 14.8 Å². The second-order valence-electron chi connectivity index (χ2n) is 7.65. The van der Waals surface area contributed by atoms with Crippen LogP contribution in [0.2, 0.25) is 0 Å². The topological polar surface area (TPSA) is 42.9 Å². The van der Waals surface area contributed by atoms with Gasteiger partial charge in [0.2, 0.25) is 0 Å². The van der Waals surface area contributed by atoms with Crippen molar-refractivity contribution in [3.8, 4) is 0 Å². The summed E-state index contributed by atoms with van der Waals surface area (Å²) in [6.45, 7) is 3.11. The molecule has 1 unspecified atom stereocenters. The molecule has 2 aliphatic carbocycles. The van der Waals surface area contributed by atoms with Gasteiger partial charge < -0.3 is 10.6 Å². The second kappa shape index (κ2) is 8.12. The summed E-state index contributed by atoms with van der Waals surface area (Å²) in [5.74, 6) is 1.59. The van der Waals surface area contributed by atoms with E-state index in [-0.39, 0.29) is 6.04 Å². The Morgan fingerprint density at radius 1 is 1.20 bits per heavy atom. The Morgan fingerprint density at radius 3 is 2.56 bits per heavy atom. The lowest BCUT2D eigenvalue weighted by Crippen LogP contribution is -2.47. The number of aliphatic imine (C=N–C) groups is 1. The van der Waals surface area contributed by atoms with Crippen molar-refractivity contribution >= 4 is 5.96 Å². The zero-order valence-electron chi connectivity index (χ0n) is 15.0. The molecule has 25 heavy (non-hydrogen) atoms. The zero-order chi connectivity index (χ0) is 17.9. The summed E-state index contributed by atoms with van der Waals surface area (Å²) in [6, 6.07) is 0.794. The molecule has 3 rings (SSSR count). The molecule has 1 saturated heterocycles. The fourth-order valence-corrected chi connectivity index (χ4v) is 3.55. The average Bonchev–Trinajstić information content (AvgIpc) is 3.44. The van der Waals surface area contributed by atoms with Gasteiger partial charge in [0.05, 0.1) is 6.54 Å². The van der Waals surface area contributed by atoms with Crippen LogP contribution in [0.5, 0.6) is 0 Å². The zero-order valence-corrected chi connectivity index (χ0v) is 15.0. The molecular weight excluding hydrogens is 331 g/mol. The summed E-state index contributed by atoms with van der Waals surface area (Å²) >= 11 is 0. The summed E-state index contributed by atoms with van der Waals surface area (Å²) in [6.07, 6.45) is 1.97. The maximum Gasteiger partial charge on any atom is 0.401 e. The Balaban J connectivity index is 1.35. The Hall–Kier alpha value is -1.02. The third-order valence-electron chi connectivity index (χ3n) is 5.18. The van der Waals surface area contributed by atoms with Crippen LogP contribution in [0.1, 0.15) is 32.1 Å². The lowest BCUT2D eigenvalue weighted by molar-refractivity contribution is -0.143. The van der Waals surface area contributed by atoms with E-state index in [0.717, 1.165) is 25.0 Å². The summed E-state index contributed by atoms with van der Waals surface area (Å²) in [5, 5.41) is 6.59. The van der Waals surface area contributed by atoms with Crippen LogP contribution >= 0.6 is 0 Å². The highest BCUT2D eigenvalue weighted by molar-refractivity contribution is 5.80. The van der Waals surface area contributed by atoms with E-state index in [0.29, 0.717) is 25.5 Å². The largest absolute Gasteiger partial charge is 0.401 e. The van der Waals surface area contributed by atoms with E-state index in [2.05, 4.69) is 20.5 Å². The van der Waals surface area contributed by atoms with Crippen molar-refractivity contribution in [1.82, 2.24) is 20.4 Å². The molecule has 2 N–H and O–H groups in total. The SMILES string of the molecule is CN=C(NCCN(CC1CC1)C1CC1)NC1CCN(CC(F)(F)F)C1. The van der Waals surface area contributed by atoms with Crippen LogP contribution in [0.3, 0.4) is 0 Å². The van der Waals surface area contributed by atoms with E-state index in [1.54, 1.807) is 7.05 Å². The van der Waals surface area contributed by atoms with Crippen molar-refractivity contribution in [3.63, 3.8) is 0 Å². The van der Waals surface area contributed by atoms with Crippen LogP contribution < -0.4 is 10.6 Å². The van der Waals surface area contributed by atoms with Crippen LogP contribution in [-0.2, 0) is 0 Å². The van der Waals surface area contributed by atoms with Crippen molar-refractivity contribution in [2.24, 2.45) is 10.9 Å². The van der Waals surface area contributed by atoms with Gasteiger partial charge in [0, 0.05) is 51.9 Å². The van der Waals surface area contributed by atoms with Gasteiger partial charge in [-0.05, 0) is 38.0 Å². The Morgan fingerprint density at radius 2 is 1.96 bits per heavy atom. The molecule has 3 fully saturated rings. The first-order valence-electron chi connectivity index (χ1n) is 9.43. The molecule has 0 bridgehead atoms. The number of halogens is 3. The maximum absolute atomic E-state index is 12.5. The number of nitrogens with one attached hydrogen (secondary N) is 2. The smallest absolute Gasteiger partial charge is 0.355 e. The van der Waals surface area contributed by atoms with Gasteiger partial charge in [0.15, 0.2) is 5.96 Å². The van der Waals surface area contributed by atoms with Crippen molar-refractivity contribution in [2.75, 3.05) is 46.3 Å². The minimum atomic E-state index is -4.12. The first-order chi connectivity index (χ1) is 11.9. The number of likely N-dealkylation sites (tertiary alicyclic amines) is 1. The summed E-state index contributed by atoms with van der Waals surface area (Å²) in [4.78, 5) is 8.25. The van der Waals surface area contributed by atoms with Crippen LogP contribution in [0, 0.1) is 5.92 Å². The molecule has 0 spiro atoms. The molecule has 3 aliphatic rings. The molecule has 144 valence electrons. The molecule has 0 aromatic heterocycles. The first kappa shape index (κ1) is 18.8. The summed E-state index contributed by atoms with van der Waals surface area (Å²) in [5.41, 5.74) is 0. The lowest BCUT2D eigenvalue weighted by Gasteiger charge is -2.23. The van der Waals surface area contributed by atoms with Gasteiger partial charge in [-0.2, -0.15) is 13.2 Å². The number of rotatable bonds is 8. The van der Waals surface area contributed by atoms with E-state index >= 15 is 0 Å². The van der Waals surface area contributed by atoms with Gasteiger partial charge in [-0.25, -0.2) is 0 Å². The number of nitrogens with zero attached hydrogens (tertiary/aromatic N) is 3. The van der Waals surface area contributed by atoms with Gasteiger partial charge in [-0.1, -0.05) is 0 Å². The number of hydrogen-bond donors (Lipinski definition) is 2. The molecule has 0 radical (unpaired) electrons. The third-order valence-corrected chi connectivity index (χ3v) is 5.18. The molecule has 5 nitrogen and oxygen atoms in total. The van der Waals surface area contributed by atoms with E-state index in [9.17, 15) is 13.2 Å². The fraction of sp³-hybridized carbons (Fsp3) is 0.941. The number of hydrogen-bond acceptors (Lipinski definition) is 3. The minimum Gasteiger partial charge on any atom is -0.355 e. The third kappa shape index (κ3) is 6.66. The second-order valence-corrected chi connectivity index (χ2v) is 7.65. The van der Waals surface area contributed by atoms with Gasteiger partial charge >= 0.3 is 6.18 Å². The van der Waals surface area contributed by atoms with Crippen molar-refractivity contribution in [2.45, 2.75) is 50.4 Å². The molecule has 2 saturated carbocycles. The predicted molar refractivity (Wildman–Crippen MR) is 92.7 cm³/mol. The molecule has 0 aromatic rings. The van der Waals surface area contributed by atoms with E-state index in [1.165, 1.54) is 37.1 Å². The summed E-state index contributed by atoms with van der Waals surface area (Å²) in [7, 11) is 1.71. The number of guanidine groups is 1. The monoisotopic (exact) mass is 361 g/mol. The Labute approximate surface area is 148 Å². The van der Waals surface area contributed by atoms with Crippen LogP contribution in [0.25, 0.3) is 0 Å². The van der Waals surface area contributed by atoms with Gasteiger partial charge in [0.25, 0.3) is 0 Å². The predicted octanol–water partition coefficient (Wildman–Crippen LogP) is 1.66. The highest BCUT2D eigenvalue weighted by Gasteiger charge is 2.35. The molecule has 0 amide bonds. The standard InChI is InChI=1S/C17H30F3N5/c1-21-16(23-14-6-8-24(11-14)12-17(18,19)20)22-7-9-25(15-4-5-15)10-13-2-3-13/h13-15H,2-12H2,1H3,(H2,21,22,23). The summed E-state index contributed by atoms with van der Waals surface area (Å²) < 4.78 is 37.4. The van der Waals surface area contributed by atoms with Crippen LogP contribution in [0.4, 0.5) is 13.2 Å². The first-order valence-corrected chi connectivity index (χ1v) is 9.43. The molecule has 1 heterocycles. The molecular formula is C17H30F3N5. The van der Waals surface area contributed by atoms with E-state index in [1.807, 2.05) is 0 Å². The average molecular weight is 361 g/mol. The minimum absolute atomic E-state index is 0.0274. The van der Waals surface area contributed by atoms with Crippen LogP contribution in [-0.4, -0.2) is 80.3 Å². The Kier molecular flexibility index (Phi) is 6.09. The fourth-order valence-electron chi connectivity index (χ4n) is 3.55. The maximum atomic E-state index is 12.5. The molecule has 0 aromatic carbocycles. The van der Waals surface area contributed by atoms with E-state index < -0.39 is 12.7 Å². The quantitative estimate of drug-likeness (QED) is 0.510. The van der Waals surface area contributed by atoms with Gasteiger partial charge in [0.1, 0.15) is 0 Å².